The zero-order chi connectivity index (χ0) is 14.3. The lowest BCUT2D eigenvalue weighted by Crippen LogP contribution is -2.50. The maximum absolute atomic E-state index is 9.69. The summed E-state index contributed by atoms with van der Waals surface area (Å²) in [5.41, 5.74) is 0.339. The maximum Gasteiger partial charge on any atom is 0.0586 e. The molecule has 0 aromatic carbocycles. The van der Waals surface area contributed by atoms with Crippen molar-refractivity contribution in [3.8, 4) is 0 Å². The molecule has 0 saturated carbocycles. The van der Waals surface area contributed by atoms with Crippen molar-refractivity contribution >= 4 is 0 Å². The Kier molecular flexibility index (Phi) is 6.75. The number of aliphatic hydroxyl groups excluding tert-OH is 1. The van der Waals surface area contributed by atoms with Gasteiger partial charge in [0.2, 0.25) is 0 Å². The van der Waals surface area contributed by atoms with Crippen LogP contribution in [0.25, 0.3) is 0 Å². The predicted molar refractivity (Wildman–Crippen MR) is 81.9 cm³/mol. The summed E-state index contributed by atoms with van der Waals surface area (Å²) >= 11 is 0. The Morgan fingerprint density at radius 2 is 2.05 bits per heavy atom. The molecular weight excluding hydrogens is 252 g/mol. The van der Waals surface area contributed by atoms with Crippen LogP contribution < -0.4 is 5.32 Å². The maximum atomic E-state index is 9.69. The Morgan fingerprint density at radius 1 is 1.25 bits per heavy atom. The first kappa shape index (κ1) is 16.2. The zero-order valence-electron chi connectivity index (χ0n) is 13.1. The van der Waals surface area contributed by atoms with Gasteiger partial charge in [-0.05, 0) is 44.2 Å². The van der Waals surface area contributed by atoms with E-state index in [0.29, 0.717) is 18.1 Å². The van der Waals surface area contributed by atoms with Gasteiger partial charge >= 0.3 is 0 Å². The van der Waals surface area contributed by atoms with Crippen LogP contribution in [0.2, 0.25) is 0 Å². The largest absolute Gasteiger partial charge is 0.395 e. The number of aliphatic hydroxyl groups is 1. The van der Waals surface area contributed by atoms with Gasteiger partial charge in [0.15, 0.2) is 0 Å². The molecule has 0 amide bonds. The number of nitrogens with zero attached hydrogens (tertiary/aromatic N) is 1. The van der Waals surface area contributed by atoms with Crippen molar-refractivity contribution in [2.75, 3.05) is 46.0 Å². The molecule has 0 bridgehead atoms. The molecule has 2 aliphatic rings. The molecule has 0 aliphatic carbocycles. The standard InChI is InChI=1S/C16H32N2O2/c1-2-17-13-16(7-10-20-11-8-16)14-18-9-5-3-4-6-15(18)12-19/h15,17,19H,2-14H2,1H3. The number of nitrogens with one attached hydrogen (secondary N) is 1. The summed E-state index contributed by atoms with van der Waals surface area (Å²) in [4.78, 5) is 2.57. The van der Waals surface area contributed by atoms with Crippen LogP contribution in [0, 0.1) is 5.41 Å². The van der Waals surface area contributed by atoms with Gasteiger partial charge in [0.05, 0.1) is 6.61 Å². The van der Waals surface area contributed by atoms with Gasteiger partial charge in [-0.25, -0.2) is 0 Å². The summed E-state index contributed by atoms with van der Waals surface area (Å²) in [6, 6.07) is 0.374. The van der Waals surface area contributed by atoms with Crippen LogP contribution >= 0.6 is 0 Å². The number of ether oxygens (including phenoxy) is 1. The van der Waals surface area contributed by atoms with Gasteiger partial charge in [-0.1, -0.05) is 19.8 Å². The quantitative estimate of drug-likeness (QED) is 0.778. The molecule has 0 radical (unpaired) electrons. The van der Waals surface area contributed by atoms with Gasteiger partial charge in [0.25, 0.3) is 0 Å². The smallest absolute Gasteiger partial charge is 0.0586 e. The molecule has 2 rings (SSSR count). The molecule has 2 fully saturated rings. The number of hydrogen-bond acceptors (Lipinski definition) is 4. The van der Waals surface area contributed by atoms with E-state index in [1.54, 1.807) is 0 Å². The fourth-order valence-corrected chi connectivity index (χ4v) is 3.67. The molecule has 1 unspecified atom stereocenters. The fraction of sp³-hybridized carbons (Fsp3) is 1.00. The normalized spacial score (nSPS) is 28.2. The molecule has 2 N–H and O–H groups in total. The highest BCUT2D eigenvalue weighted by molar-refractivity contribution is 4.89. The molecule has 2 saturated heterocycles. The zero-order valence-corrected chi connectivity index (χ0v) is 13.1. The van der Waals surface area contributed by atoms with Crippen molar-refractivity contribution in [3.63, 3.8) is 0 Å². The summed E-state index contributed by atoms with van der Waals surface area (Å²) in [6.45, 7) is 8.66. The highest BCUT2D eigenvalue weighted by Gasteiger charge is 2.36. The van der Waals surface area contributed by atoms with E-state index < -0.39 is 0 Å². The SMILES string of the molecule is CCNCC1(CN2CCCCCC2CO)CCOCC1. The van der Waals surface area contributed by atoms with E-state index in [1.807, 2.05) is 0 Å². The molecular formula is C16H32N2O2. The third kappa shape index (κ3) is 4.42. The summed E-state index contributed by atoms with van der Waals surface area (Å²) in [6.07, 6.45) is 7.32. The highest BCUT2D eigenvalue weighted by atomic mass is 16.5. The highest BCUT2D eigenvalue weighted by Crippen LogP contribution is 2.32. The predicted octanol–water partition coefficient (Wildman–Crippen LogP) is 1.63. The number of hydrogen-bond donors (Lipinski definition) is 2. The minimum absolute atomic E-state index is 0.313. The van der Waals surface area contributed by atoms with Crippen LogP contribution in [0.3, 0.4) is 0 Å². The third-order valence-corrected chi connectivity index (χ3v) is 5.05. The summed E-state index contributed by atoms with van der Waals surface area (Å²) in [5.74, 6) is 0. The summed E-state index contributed by atoms with van der Waals surface area (Å²) < 4.78 is 5.58. The van der Waals surface area contributed by atoms with Crippen LogP contribution in [0.1, 0.15) is 45.4 Å². The molecule has 2 aliphatic heterocycles. The molecule has 0 aromatic rings. The van der Waals surface area contributed by atoms with Crippen LogP contribution in [-0.2, 0) is 4.74 Å². The Balaban J connectivity index is 2.00. The fourth-order valence-electron chi connectivity index (χ4n) is 3.67. The number of rotatable bonds is 6. The van der Waals surface area contributed by atoms with E-state index in [-0.39, 0.29) is 0 Å². The lowest BCUT2D eigenvalue weighted by atomic mass is 9.79. The Bertz CT molecular complexity index is 267. The van der Waals surface area contributed by atoms with Gasteiger partial charge < -0.3 is 15.2 Å². The Labute approximate surface area is 123 Å². The first-order valence-corrected chi connectivity index (χ1v) is 8.43. The van der Waals surface area contributed by atoms with Crippen molar-refractivity contribution < 1.29 is 9.84 Å². The first-order chi connectivity index (χ1) is 9.79. The second-order valence-electron chi connectivity index (χ2n) is 6.55. The van der Waals surface area contributed by atoms with Crippen LogP contribution in [0.4, 0.5) is 0 Å². The van der Waals surface area contributed by atoms with Gasteiger partial charge in [0.1, 0.15) is 0 Å². The lowest BCUT2D eigenvalue weighted by molar-refractivity contribution is -0.0163. The van der Waals surface area contributed by atoms with Gasteiger partial charge in [0, 0.05) is 32.3 Å². The van der Waals surface area contributed by atoms with E-state index in [4.69, 9.17) is 4.74 Å². The van der Waals surface area contributed by atoms with E-state index in [0.717, 1.165) is 58.7 Å². The van der Waals surface area contributed by atoms with Gasteiger partial charge in [-0.3, -0.25) is 4.90 Å². The second-order valence-corrected chi connectivity index (χ2v) is 6.55. The molecule has 4 nitrogen and oxygen atoms in total. The van der Waals surface area contributed by atoms with Gasteiger partial charge in [-0.2, -0.15) is 0 Å². The average molecular weight is 284 g/mol. The van der Waals surface area contributed by atoms with Crippen LogP contribution in [-0.4, -0.2) is 62.0 Å². The van der Waals surface area contributed by atoms with Gasteiger partial charge in [-0.15, -0.1) is 0 Å². The molecule has 1 atom stereocenters. The topological polar surface area (TPSA) is 44.7 Å². The minimum Gasteiger partial charge on any atom is -0.395 e. The van der Waals surface area contributed by atoms with Crippen molar-refractivity contribution in [2.45, 2.75) is 51.5 Å². The van der Waals surface area contributed by atoms with E-state index in [2.05, 4.69) is 17.1 Å². The molecule has 20 heavy (non-hydrogen) atoms. The molecule has 118 valence electrons. The lowest BCUT2D eigenvalue weighted by Gasteiger charge is -2.43. The second kappa shape index (κ2) is 8.32. The van der Waals surface area contributed by atoms with Crippen molar-refractivity contribution in [1.82, 2.24) is 10.2 Å². The Morgan fingerprint density at radius 3 is 2.75 bits per heavy atom. The van der Waals surface area contributed by atoms with E-state index in [9.17, 15) is 5.11 Å². The first-order valence-electron chi connectivity index (χ1n) is 8.43. The monoisotopic (exact) mass is 284 g/mol. The number of likely N-dealkylation sites (tertiary alicyclic amines) is 1. The van der Waals surface area contributed by atoms with E-state index >= 15 is 0 Å². The summed E-state index contributed by atoms with van der Waals surface area (Å²) in [7, 11) is 0. The minimum atomic E-state index is 0.313. The van der Waals surface area contributed by atoms with Crippen molar-refractivity contribution in [1.29, 1.82) is 0 Å². The van der Waals surface area contributed by atoms with Crippen molar-refractivity contribution in [2.24, 2.45) is 5.41 Å². The third-order valence-electron chi connectivity index (χ3n) is 5.05. The summed E-state index contributed by atoms with van der Waals surface area (Å²) in [5, 5.41) is 13.2. The Hall–Kier alpha value is -0.160. The van der Waals surface area contributed by atoms with Crippen LogP contribution in [0.15, 0.2) is 0 Å². The van der Waals surface area contributed by atoms with E-state index in [1.165, 1.54) is 19.3 Å². The molecule has 4 heteroatoms. The van der Waals surface area contributed by atoms with Crippen LogP contribution in [0.5, 0.6) is 0 Å². The molecule has 0 aromatic heterocycles. The average Bonchev–Trinajstić information content (AvgIpc) is 2.71. The van der Waals surface area contributed by atoms with Crippen molar-refractivity contribution in [3.05, 3.63) is 0 Å². The molecule has 2 heterocycles. The molecule has 0 spiro atoms.